The first-order valence-corrected chi connectivity index (χ1v) is 8.28. The second-order valence-corrected chi connectivity index (χ2v) is 9.16. The van der Waals surface area contributed by atoms with Crippen LogP contribution in [0.1, 0.15) is 40.5 Å². The van der Waals surface area contributed by atoms with Gasteiger partial charge in [0.25, 0.3) is 0 Å². The van der Waals surface area contributed by atoms with Gasteiger partial charge >= 0.3 is 0 Å². The fourth-order valence-electron chi connectivity index (χ4n) is 7.40. The van der Waals surface area contributed by atoms with Gasteiger partial charge in [0.1, 0.15) is 0 Å². The number of allylic oxidation sites excluding steroid dienone is 4. The maximum absolute atomic E-state index is 2.60. The lowest BCUT2D eigenvalue weighted by molar-refractivity contribution is -0.105. The van der Waals surface area contributed by atoms with Gasteiger partial charge in [-0.3, -0.25) is 0 Å². The van der Waals surface area contributed by atoms with Crippen molar-refractivity contribution in [2.75, 3.05) is 0 Å². The molecule has 3 fully saturated rings. The molecule has 0 aliphatic heterocycles. The topological polar surface area (TPSA) is 0 Å². The highest BCUT2D eigenvalue weighted by Crippen LogP contribution is 2.80. The molecule has 0 aromatic heterocycles. The maximum Gasteiger partial charge on any atom is -0.00240 e. The van der Waals surface area contributed by atoms with Crippen molar-refractivity contribution in [2.45, 2.75) is 40.5 Å². The van der Waals surface area contributed by atoms with E-state index in [0.717, 1.165) is 35.5 Å². The van der Waals surface area contributed by atoms with E-state index in [2.05, 4.69) is 52.0 Å². The van der Waals surface area contributed by atoms with Crippen LogP contribution in [0.4, 0.5) is 0 Å². The molecule has 5 rings (SSSR count). The van der Waals surface area contributed by atoms with E-state index in [1.165, 1.54) is 12.8 Å². The van der Waals surface area contributed by atoms with Crippen LogP contribution in [0.25, 0.3) is 0 Å². The molecule has 8 unspecified atom stereocenters. The average molecular weight is 254 g/mol. The van der Waals surface area contributed by atoms with Crippen molar-refractivity contribution in [3.8, 4) is 0 Å². The van der Waals surface area contributed by atoms with Gasteiger partial charge in [-0.2, -0.15) is 0 Å². The maximum atomic E-state index is 2.60. The fraction of sp³-hybridized carbons (Fsp3) is 0.789. The molecular formula is C19H26. The summed E-state index contributed by atoms with van der Waals surface area (Å²) in [6, 6.07) is 0. The monoisotopic (exact) mass is 254 g/mol. The molecule has 0 amide bonds. The Labute approximate surface area is 117 Å². The fourth-order valence-corrected chi connectivity index (χ4v) is 7.40. The Morgan fingerprint density at radius 2 is 1.53 bits per heavy atom. The highest BCUT2D eigenvalue weighted by atomic mass is 14.8. The smallest absolute Gasteiger partial charge is 0.00240 e. The van der Waals surface area contributed by atoms with E-state index in [1.807, 2.05) is 0 Å². The second-order valence-electron chi connectivity index (χ2n) is 9.16. The zero-order valence-electron chi connectivity index (χ0n) is 12.7. The summed E-state index contributed by atoms with van der Waals surface area (Å²) in [5, 5.41) is 0. The SMILES string of the molecule is CC1(C)C2C=CC(C2)C2C1C1CC2C2(C)C=CC12C. The summed E-state index contributed by atoms with van der Waals surface area (Å²) in [6.07, 6.45) is 13.3. The number of hydrogen-bond donors (Lipinski definition) is 0. The predicted molar refractivity (Wildman–Crippen MR) is 78.4 cm³/mol. The molecule has 5 aliphatic rings. The minimum Gasteiger partial charge on any atom is -0.0848 e. The van der Waals surface area contributed by atoms with Crippen LogP contribution in [0.15, 0.2) is 24.3 Å². The van der Waals surface area contributed by atoms with Crippen LogP contribution < -0.4 is 0 Å². The minimum atomic E-state index is 0.521. The Balaban J connectivity index is 1.69. The second kappa shape index (κ2) is 2.76. The average Bonchev–Trinajstić information content (AvgIpc) is 2.99. The highest BCUT2D eigenvalue weighted by Gasteiger charge is 2.74. The quantitative estimate of drug-likeness (QED) is 0.550. The molecule has 3 saturated carbocycles. The Kier molecular flexibility index (Phi) is 1.62. The standard InChI is InChI=1S/C19H26/c1-17(2)12-6-5-11(9-12)15-13-10-14(16(15)17)19(4)8-7-18(13,19)3/h5-8,11-16H,9-10H2,1-4H3. The van der Waals surface area contributed by atoms with Crippen molar-refractivity contribution in [3.63, 3.8) is 0 Å². The lowest BCUT2D eigenvalue weighted by Crippen LogP contribution is -2.58. The molecule has 0 spiro atoms. The summed E-state index contributed by atoms with van der Waals surface area (Å²) in [5.74, 6) is 5.64. The highest BCUT2D eigenvalue weighted by molar-refractivity contribution is 5.37. The third kappa shape index (κ3) is 0.893. The van der Waals surface area contributed by atoms with Gasteiger partial charge in [0.05, 0.1) is 0 Å². The first kappa shape index (κ1) is 11.2. The third-order valence-electron chi connectivity index (χ3n) is 8.72. The number of rotatable bonds is 0. The number of hydrogen-bond acceptors (Lipinski definition) is 0. The summed E-state index contributed by atoms with van der Waals surface area (Å²) < 4.78 is 0. The largest absolute Gasteiger partial charge is 0.0848 e. The predicted octanol–water partition coefficient (Wildman–Crippen LogP) is 4.68. The van der Waals surface area contributed by atoms with Crippen molar-refractivity contribution < 1.29 is 0 Å². The van der Waals surface area contributed by atoms with E-state index in [4.69, 9.17) is 0 Å². The van der Waals surface area contributed by atoms with Gasteiger partial charge < -0.3 is 0 Å². The molecular weight excluding hydrogens is 228 g/mol. The molecule has 19 heavy (non-hydrogen) atoms. The van der Waals surface area contributed by atoms with Crippen LogP contribution >= 0.6 is 0 Å². The molecule has 102 valence electrons. The van der Waals surface area contributed by atoms with Crippen molar-refractivity contribution in [3.05, 3.63) is 24.3 Å². The van der Waals surface area contributed by atoms with Crippen molar-refractivity contribution in [2.24, 2.45) is 51.8 Å². The molecule has 0 heteroatoms. The molecule has 0 radical (unpaired) electrons. The molecule has 0 saturated heterocycles. The van der Waals surface area contributed by atoms with E-state index >= 15 is 0 Å². The van der Waals surface area contributed by atoms with Gasteiger partial charge in [-0.05, 0) is 64.6 Å². The lowest BCUT2D eigenvalue weighted by Gasteiger charge is -2.63. The van der Waals surface area contributed by atoms with Crippen molar-refractivity contribution in [1.82, 2.24) is 0 Å². The van der Waals surface area contributed by atoms with Crippen LogP contribution in [0.3, 0.4) is 0 Å². The van der Waals surface area contributed by atoms with Crippen LogP contribution in [0, 0.1) is 51.8 Å². The molecule has 0 nitrogen and oxygen atoms in total. The van der Waals surface area contributed by atoms with Gasteiger partial charge in [0.15, 0.2) is 0 Å². The Hall–Kier alpha value is -0.520. The molecule has 0 heterocycles. The molecule has 0 aromatic rings. The van der Waals surface area contributed by atoms with Gasteiger partial charge in [-0.1, -0.05) is 52.0 Å². The zero-order chi connectivity index (χ0) is 13.2. The molecule has 8 atom stereocenters. The lowest BCUT2D eigenvalue weighted by atomic mass is 9.41. The van der Waals surface area contributed by atoms with E-state index < -0.39 is 0 Å². The molecule has 0 aromatic carbocycles. The van der Waals surface area contributed by atoms with Gasteiger partial charge in [-0.25, -0.2) is 0 Å². The van der Waals surface area contributed by atoms with Crippen LogP contribution in [-0.2, 0) is 0 Å². The van der Waals surface area contributed by atoms with Gasteiger partial charge in [0, 0.05) is 0 Å². The van der Waals surface area contributed by atoms with E-state index in [9.17, 15) is 0 Å². The third-order valence-corrected chi connectivity index (χ3v) is 8.72. The summed E-state index contributed by atoms with van der Waals surface area (Å²) >= 11 is 0. The minimum absolute atomic E-state index is 0.521. The Bertz CT molecular complexity index is 524. The summed E-state index contributed by atoms with van der Waals surface area (Å²) in [6.45, 7) is 10.3. The Morgan fingerprint density at radius 1 is 0.842 bits per heavy atom. The van der Waals surface area contributed by atoms with Crippen molar-refractivity contribution >= 4 is 0 Å². The van der Waals surface area contributed by atoms with Crippen LogP contribution in [0.5, 0.6) is 0 Å². The van der Waals surface area contributed by atoms with E-state index in [1.54, 1.807) is 0 Å². The molecule has 5 aliphatic carbocycles. The number of fused-ring (bicyclic) bond motifs is 11. The molecule has 0 N–H and O–H groups in total. The van der Waals surface area contributed by atoms with Gasteiger partial charge in [-0.15, -0.1) is 0 Å². The van der Waals surface area contributed by atoms with E-state index in [0.29, 0.717) is 16.2 Å². The van der Waals surface area contributed by atoms with Crippen LogP contribution in [0.2, 0.25) is 0 Å². The zero-order valence-corrected chi connectivity index (χ0v) is 12.7. The molecule has 4 bridgehead atoms. The Morgan fingerprint density at radius 3 is 2.21 bits per heavy atom. The van der Waals surface area contributed by atoms with Crippen LogP contribution in [-0.4, -0.2) is 0 Å². The normalized spacial score (nSPS) is 65.9. The summed E-state index contributed by atoms with van der Waals surface area (Å²) in [4.78, 5) is 0. The summed E-state index contributed by atoms with van der Waals surface area (Å²) in [5.41, 5.74) is 1.58. The van der Waals surface area contributed by atoms with Crippen molar-refractivity contribution in [1.29, 1.82) is 0 Å². The van der Waals surface area contributed by atoms with E-state index in [-0.39, 0.29) is 0 Å². The first-order chi connectivity index (χ1) is 8.89. The van der Waals surface area contributed by atoms with Gasteiger partial charge in [0.2, 0.25) is 0 Å². The first-order valence-electron chi connectivity index (χ1n) is 8.28. The summed E-state index contributed by atoms with van der Waals surface area (Å²) in [7, 11) is 0.